The lowest BCUT2D eigenvalue weighted by molar-refractivity contribution is -0.143. The van der Waals surface area contributed by atoms with Gasteiger partial charge in [-0.15, -0.1) is 0 Å². The largest absolute Gasteiger partial charge is 0.375 e. The van der Waals surface area contributed by atoms with Crippen molar-refractivity contribution in [2.75, 3.05) is 31.7 Å². The zero-order chi connectivity index (χ0) is 15.6. The Hall–Kier alpha value is -1.88. The molecule has 1 heterocycles. The van der Waals surface area contributed by atoms with Crippen LogP contribution in [0.25, 0.3) is 0 Å². The van der Waals surface area contributed by atoms with Crippen LogP contribution in [0.4, 0.5) is 5.69 Å². The van der Waals surface area contributed by atoms with E-state index in [1.54, 1.807) is 16.7 Å². The second-order valence-corrected chi connectivity index (χ2v) is 5.48. The number of carbonyl (C=O) groups excluding carboxylic acids is 2. The number of carbonyl (C=O) groups is 2. The van der Waals surface area contributed by atoms with Gasteiger partial charge in [0.25, 0.3) is 0 Å². The maximum Gasteiger partial charge on any atom is 0.249 e. The van der Waals surface area contributed by atoms with Crippen molar-refractivity contribution in [3.05, 3.63) is 29.3 Å². The number of hydrogen-bond acceptors (Lipinski definition) is 3. The van der Waals surface area contributed by atoms with E-state index in [-0.39, 0.29) is 18.4 Å². The smallest absolute Gasteiger partial charge is 0.249 e. The first kappa shape index (κ1) is 15.5. The van der Waals surface area contributed by atoms with Crippen LogP contribution in [0.5, 0.6) is 0 Å². The van der Waals surface area contributed by atoms with E-state index in [0.717, 1.165) is 16.8 Å². The lowest BCUT2D eigenvalue weighted by Crippen LogP contribution is -2.58. The van der Waals surface area contributed by atoms with Crippen molar-refractivity contribution in [1.82, 2.24) is 4.90 Å². The van der Waals surface area contributed by atoms with E-state index in [2.05, 4.69) is 0 Å². The van der Waals surface area contributed by atoms with Gasteiger partial charge in [-0.1, -0.05) is 12.1 Å². The van der Waals surface area contributed by atoms with E-state index in [1.807, 2.05) is 32.0 Å². The van der Waals surface area contributed by atoms with E-state index in [0.29, 0.717) is 13.1 Å². The van der Waals surface area contributed by atoms with Crippen LogP contribution in [-0.2, 0) is 14.3 Å². The summed E-state index contributed by atoms with van der Waals surface area (Å²) >= 11 is 0. The molecule has 2 amide bonds. The number of aryl methyl sites for hydroxylation is 2. The number of hydrogen-bond donors (Lipinski definition) is 0. The molecule has 5 nitrogen and oxygen atoms in total. The second kappa shape index (κ2) is 6.26. The van der Waals surface area contributed by atoms with Crippen LogP contribution >= 0.6 is 0 Å². The van der Waals surface area contributed by atoms with Crippen LogP contribution < -0.4 is 4.90 Å². The van der Waals surface area contributed by atoms with Gasteiger partial charge < -0.3 is 14.5 Å². The van der Waals surface area contributed by atoms with E-state index in [1.165, 1.54) is 7.11 Å². The summed E-state index contributed by atoms with van der Waals surface area (Å²) in [5, 5.41) is 0. The number of methoxy groups -OCH3 is 1. The highest BCUT2D eigenvalue weighted by molar-refractivity contribution is 6.00. The van der Waals surface area contributed by atoms with Gasteiger partial charge in [-0.2, -0.15) is 0 Å². The first-order valence-electron chi connectivity index (χ1n) is 7.12. The average Bonchev–Trinajstić information content (AvgIpc) is 2.45. The monoisotopic (exact) mass is 290 g/mol. The molecule has 1 saturated heterocycles. The van der Waals surface area contributed by atoms with Crippen molar-refractivity contribution in [1.29, 1.82) is 0 Å². The van der Waals surface area contributed by atoms with E-state index in [4.69, 9.17) is 4.74 Å². The molecule has 0 bridgehead atoms. The summed E-state index contributed by atoms with van der Waals surface area (Å²) in [4.78, 5) is 27.9. The zero-order valence-electron chi connectivity index (χ0n) is 13.0. The minimum absolute atomic E-state index is 0.0150. The summed E-state index contributed by atoms with van der Waals surface area (Å²) in [6.45, 7) is 6.84. The van der Waals surface area contributed by atoms with Crippen LogP contribution in [0.15, 0.2) is 18.2 Å². The van der Waals surface area contributed by atoms with Gasteiger partial charge in [-0.25, -0.2) is 0 Å². The topological polar surface area (TPSA) is 49.9 Å². The summed E-state index contributed by atoms with van der Waals surface area (Å²) in [5.41, 5.74) is 3.12. The quantitative estimate of drug-likeness (QED) is 0.848. The highest BCUT2D eigenvalue weighted by atomic mass is 16.5. The fourth-order valence-electron chi connectivity index (χ4n) is 2.67. The van der Waals surface area contributed by atoms with Gasteiger partial charge >= 0.3 is 0 Å². The Morgan fingerprint density at radius 2 is 2.05 bits per heavy atom. The van der Waals surface area contributed by atoms with Crippen molar-refractivity contribution >= 4 is 17.5 Å². The van der Waals surface area contributed by atoms with Crippen molar-refractivity contribution in [3.63, 3.8) is 0 Å². The molecule has 0 spiro atoms. The molecule has 5 heteroatoms. The Morgan fingerprint density at radius 3 is 2.71 bits per heavy atom. The van der Waals surface area contributed by atoms with Crippen molar-refractivity contribution in [2.45, 2.75) is 26.8 Å². The number of piperazine rings is 1. The van der Waals surface area contributed by atoms with Gasteiger partial charge in [0.15, 0.2) is 0 Å². The molecule has 1 aliphatic heterocycles. The molecule has 1 aromatic rings. The first-order chi connectivity index (χ1) is 9.95. The van der Waals surface area contributed by atoms with Crippen LogP contribution in [-0.4, -0.2) is 49.6 Å². The Balaban J connectivity index is 2.21. The van der Waals surface area contributed by atoms with Gasteiger partial charge in [0.1, 0.15) is 12.6 Å². The predicted molar refractivity (Wildman–Crippen MR) is 81.3 cm³/mol. The predicted octanol–water partition coefficient (Wildman–Crippen LogP) is 1.51. The summed E-state index contributed by atoms with van der Waals surface area (Å²) in [6, 6.07) is 5.62. The van der Waals surface area contributed by atoms with E-state index in [9.17, 15) is 9.59 Å². The van der Waals surface area contributed by atoms with Crippen LogP contribution in [0.1, 0.15) is 18.1 Å². The first-order valence-corrected chi connectivity index (χ1v) is 7.12. The van der Waals surface area contributed by atoms with Gasteiger partial charge in [0.05, 0.1) is 0 Å². The molecule has 1 atom stereocenters. The fourth-order valence-corrected chi connectivity index (χ4v) is 2.67. The molecule has 0 aromatic heterocycles. The lowest BCUT2D eigenvalue weighted by atomic mass is 10.1. The highest BCUT2D eigenvalue weighted by Crippen LogP contribution is 2.25. The number of benzene rings is 1. The highest BCUT2D eigenvalue weighted by Gasteiger charge is 2.35. The number of nitrogens with zero attached hydrogens (tertiary/aromatic N) is 2. The summed E-state index contributed by atoms with van der Waals surface area (Å²) in [7, 11) is 1.48. The molecular weight excluding hydrogens is 268 g/mol. The maximum absolute atomic E-state index is 12.6. The molecular formula is C16H22N2O3. The molecule has 0 aliphatic carbocycles. The zero-order valence-corrected chi connectivity index (χ0v) is 13.0. The molecule has 0 N–H and O–H groups in total. The van der Waals surface area contributed by atoms with Crippen molar-refractivity contribution in [2.24, 2.45) is 0 Å². The molecule has 1 unspecified atom stereocenters. The third-order valence-corrected chi connectivity index (χ3v) is 3.90. The van der Waals surface area contributed by atoms with E-state index < -0.39 is 6.04 Å². The van der Waals surface area contributed by atoms with Crippen LogP contribution in [0.3, 0.4) is 0 Å². The molecule has 0 saturated carbocycles. The SMILES string of the molecule is COCC(=O)N1CCN(c2cc(C)ccc2C)C(=O)C1C. The Kier molecular flexibility index (Phi) is 4.63. The van der Waals surface area contributed by atoms with Crippen LogP contribution in [0.2, 0.25) is 0 Å². The molecule has 1 aliphatic rings. The number of rotatable bonds is 3. The molecule has 114 valence electrons. The van der Waals surface area contributed by atoms with Gasteiger partial charge in [-0.05, 0) is 38.0 Å². The molecule has 1 fully saturated rings. The summed E-state index contributed by atoms with van der Waals surface area (Å²) in [5.74, 6) is -0.182. The standard InChI is InChI=1S/C16H22N2O3/c1-11-5-6-12(2)14(9-11)18-8-7-17(13(3)16(18)20)15(19)10-21-4/h5-6,9,13H,7-8,10H2,1-4H3. The minimum Gasteiger partial charge on any atom is -0.375 e. The van der Waals surface area contributed by atoms with Gasteiger partial charge in [0, 0.05) is 25.9 Å². The fraction of sp³-hybridized carbons (Fsp3) is 0.500. The van der Waals surface area contributed by atoms with E-state index >= 15 is 0 Å². The summed E-state index contributed by atoms with van der Waals surface area (Å²) in [6.07, 6.45) is 0. The molecule has 0 radical (unpaired) electrons. The molecule has 21 heavy (non-hydrogen) atoms. The Labute approximate surface area is 125 Å². The minimum atomic E-state index is -0.457. The Morgan fingerprint density at radius 1 is 1.33 bits per heavy atom. The van der Waals surface area contributed by atoms with Gasteiger partial charge in [0.2, 0.25) is 11.8 Å². The number of amides is 2. The molecule has 2 rings (SSSR count). The molecule has 1 aromatic carbocycles. The van der Waals surface area contributed by atoms with Crippen LogP contribution in [0, 0.1) is 13.8 Å². The third kappa shape index (κ3) is 3.08. The number of anilines is 1. The normalized spacial score (nSPS) is 19.0. The van der Waals surface area contributed by atoms with Crippen molar-refractivity contribution in [3.8, 4) is 0 Å². The lowest BCUT2D eigenvalue weighted by Gasteiger charge is -2.39. The second-order valence-electron chi connectivity index (χ2n) is 5.48. The third-order valence-electron chi connectivity index (χ3n) is 3.90. The van der Waals surface area contributed by atoms with Gasteiger partial charge in [-0.3, -0.25) is 9.59 Å². The Bertz CT molecular complexity index is 556. The maximum atomic E-state index is 12.6. The van der Waals surface area contributed by atoms with Crippen molar-refractivity contribution < 1.29 is 14.3 Å². The number of ether oxygens (including phenoxy) is 1. The average molecular weight is 290 g/mol. The summed E-state index contributed by atoms with van der Waals surface area (Å²) < 4.78 is 4.87.